The van der Waals surface area contributed by atoms with E-state index < -0.39 is 27.8 Å². The van der Waals surface area contributed by atoms with Crippen LogP contribution in [0.5, 0.6) is 0 Å². The van der Waals surface area contributed by atoms with Crippen LogP contribution in [0.25, 0.3) is 10.6 Å². The van der Waals surface area contributed by atoms with Crippen LogP contribution >= 0.6 is 34.5 Å². The summed E-state index contributed by atoms with van der Waals surface area (Å²) in [6, 6.07) is 9.31. The normalized spacial score (nSPS) is 12.4. The predicted octanol–water partition coefficient (Wildman–Crippen LogP) is 4.83. The maximum absolute atomic E-state index is 13.6. The monoisotopic (exact) mass is 502 g/mol. The van der Waals surface area contributed by atoms with Gasteiger partial charge in [0.2, 0.25) is 21.1 Å². The number of nitrogens with one attached hydrogen (secondary N) is 1. The van der Waals surface area contributed by atoms with Crippen LogP contribution in [0.3, 0.4) is 0 Å². The third-order valence-electron chi connectivity index (χ3n) is 4.23. The molecule has 7 nitrogen and oxygen atoms in total. The summed E-state index contributed by atoms with van der Waals surface area (Å²) >= 11 is 12.8. The van der Waals surface area contributed by atoms with Crippen molar-refractivity contribution >= 4 is 61.3 Å². The molecule has 1 amide bonds. The summed E-state index contributed by atoms with van der Waals surface area (Å²) in [5.74, 6) is -1.30. The second-order valence-electron chi connectivity index (χ2n) is 6.49. The number of carbonyl (C=O) groups excluding carboxylic acids is 1. The largest absolute Gasteiger partial charge is 0.299 e. The van der Waals surface area contributed by atoms with Crippen molar-refractivity contribution in [3.8, 4) is 10.6 Å². The average molecular weight is 503 g/mol. The van der Waals surface area contributed by atoms with Crippen LogP contribution in [0.2, 0.25) is 10.0 Å². The van der Waals surface area contributed by atoms with E-state index in [2.05, 4.69) is 15.5 Å². The van der Waals surface area contributed by atoms with Crippen molar-refractivity contribution in [2.24, 2.45) is 0 Å². The fourth-order valence-electron chi connectivity index (χ4n) is 2.85. The molecule has 0 unspecified atom stereocenters. The maximum Gasteiger partial charge on any atom is 0.250 e. The summed E-state index contributed by atoms with van der Waals surface area (Å²) in [5.41, 5.74) is 0.850. The molecule has 2 aromatic carbocycles. The first-order valence-electron chi connectivity index (χ1n) is 8.95. The summed E-state index contributed by atoms with van der Waals surface area (Å²) in [4.78, 5) is 12.9. The van der Waals surface area contributed by atoms with Gasteiger partial charge >= 0.3 is 0 Å². The van der Waals surface area contributed by atoms with Crippen LogP contribution in [-0.2, 0) is 14.8 Å². The summed E-state index contributed by atoms with van der Waals surface area (Å²) in [6.07, 6.45) is 1.11. The fraction of sp³-hybridized carbons (Fsp3) is 0.211. The second kappa shape index (κ2) is 9.47. The summed E-state index contributed by atoms with van der Waals surface area (Å²) in [6.45, 7) is 1.66. The van der Waals surface area contributed by atoms with Crippen LogP contribution in [0, 0.1) is 5.82 Å². The molecule has 0 radical (unpaired) electrons. The minimum atomic E-state index is -3.89. The average Bonchev–Trinajstić information content (AvgIpc) is 3.16. The zero-order valence-electron chi connectivity index (χ0n) is 16.3. The lowest BCUT2D eigenvalue weighted by Gasteiger charge is -2.29. The first-order valence-corrected chi connectivity index (χ1v) is 12.4. The lowest BCUT2D eigenvalue weighted by Crippen LogP contribution is -2.47. The predicted molar refractivity (Wildman–Crippen MR) is 122 cm³/mol. The molecule has 12 heteroatoms. The van der Waals surface area contributed by atoms with Gasteiger partial charge in [-0.15, -0.1) is 10.2 Å². The Morgan fingerprint density at radius 1 is 1.19 bits per heavy atom. The van der Waals surface area contributed by atoms with Gasteiger partial charge in [0.05, 0.1) is 17.0 Å². The molecule has 31 heavy (non-hydrogen) atoms. The van der Waals surface area contributed by atoms with E-state index in [0.717, 1.165) is 39.6 Å². The van der Waals surface area contributed by atoms with Crippen LogP contribution in [-0.4, -0.2) is 36.8 Å². The molecular formula is C19H17Cl2FN4O3S2. The zero-order valence-corrected chi connectivity index (χ0v) is 19.5. The SMILES string of the molecule is CC[C@@H](C(=O)Nc1nnc(-c2ccc(Cl)cc2)s1)N(c1ccc(F)c(Cl)c1)S(C)(=O)=O. The molecule has 0 aliphatic carbocycles. The Hall–Kier alpha value is -2.27. The van der Waals surface area contributed by atoms with E-state index in [-0.39, 0.29) is 22.3 Å². The van der Waals surface area contributed by atoms with Crippen molar-refractivity contribution in [3.63, 3.8) is 0 Å². The van der Waals surface area contributed by atoms with Crippen molar-refractivity contribution in [3.05, 3.63) is 58.3 Å². The number of carbonyl (C=O) groups is 1. The van der Waals surface area contributed by atoms with E-state index in [1.807, 2.05) is 0 Å². The van der Waals surface area contributed by atoms with E-state index in [4.69, 9.17) is 23.2 Å². The van der Waals surface area contributed by atoms with Crippen LogP contribution in [0.15, 0.2) is 42.5 Å². The molecule has 0 saturated carbocycles. The fourth-order valence-corrected chi connectivity index (χ4v) is 5.11. The molecular weight excluding hydrogens is 486 g/mol. The number of hydrogen-bond acceptors (Lipinski definition) is 6. The van der Waals surface area contributed by atoms with Crippen molar-refractivity contribution in [2.45, 2.75) is 19.4 Å². The molecule has 1 N–H and O–H groups in total. The highest BCUT2D eigenvalue weighted by atomic mass is 35.5. The Labute approximate surface area is 192 Å². The van der Waals surface area contributed by atoms with E-state index in [1.54, 1.807) is 31.2 Å². The molecule has 164 valence electrons. The molecule has 0 saturated heterocycles. The molecule has 0 aliphatic rings. The second-order valence-corrected chi connectivity index (χ2v) is 10.2. The van der Waals surface area contributed by atoms with E-state index in [0.29, 0.717) is 10.0 Å². The number of rotatable bonds is 7. The van der Waals surface area contributed by atoms with Gasteiger partial charge < -0.3 is 0 Å². The lowest BCUT2D eigenvalue weighted by molar-refractivity contribution is -0.117. The number of amides is 1. The molecule has 1 aromatic heterocycles. The molecule has 0 spiro atoms. The quantitative estimate of drug-likeness (QED) is 0.499. The third-order valence-corrected chi connectivity index (χ3v) is 6.84. The van der Waals surface area contributed by atoms with Gasteiger partial charge in [-0.25, -0.2) is 12.8 Å². The van der Waals surface area contributed by atoms with Gasteiger partial charge in [0.25, 0.3) is 0 Å². The Morgan fingerprint density at radius 2 is 1.87 bits per heavy atom. The van der Waals surface area contributed by atoms with E-state index in [1.165, 1.54) is 6.07 Å². The topological polar surface area (TPSA) is 92.3 Å². The third kappa shape index (κ3) is 5.51. The first kappa shape index (κ1) is 23.4. The number of anilines is 2. The minimum Gasteiger partial charge on any atom is -0.299 e. The Balaban J connectivity index is 1.87. The maximum atomic E-state index is 13.6. The van der Waals surface area contributed by atoms with Gasteiger partial charge in [0, 0.05) is 10.6 Å². The van der Waals surface area contributed by atoms with Gasteiger partial charge in [-0.3, -0.25) is 14.4 Å². The Bertz CT molecular complexity index is 1200. The number of benzene rings is 2. The summed E-state index contributed by atoms with van der Waals surface area (Å²) in [7, 11) is -3.89. The van der Waals surface area contributed by atoms with Crippen LogP contribution in [0.4, 0.5) is 15.2 Å². The van der Waals surface area contributed by atoms with Gasteiger partial charge in [0.15, 0.2) is 0 Å². The lowest BCUT2D eigenvalue weighted by atomic mass is 10.2. The highest BCUT2D eigenvalue weighted by molar-refractivity contribution is 7.92. The van der Waals surface area contributed by atoms with Crippen molar-refractivity contribution < 1.29 is 17.6 Å². The highest BCUT2D eigenvalue weighted by Gasteiger charge is 2.32. The standard InChI is InChI=1S/C19H17Cl2FN4O3S2/c1-3-16(26(31(2,28)29)13-8-9-15(22)14(21)10-13)17(27)23-19-25-24-18(30-19)11-4-6-12(20)7-5-11/h4-10,16H,3H2,1-2H3,(H,23,25,27)/t16-/m0/s1. The van der Waals surface area contributed by atoms with Gasteiger partial charge in [0.1, 0.15) is 16.9 Å². The van der Waals surface area contributed by atoms with Crippen LogP contribution in [0.1, 0.15) is 13.3 Å². The van der Waals surface area contributed by atoms with E-state index in [9.17, 15) is 17.6 Å². The number of sulfonamides is 1. The van der Waals surface area contributed by atoms with Crippen molar-refractivity contribution in [1.82, 2.24) is 10.2 Å². The first-order chi connectivity index (χ1) is 14.6. The highest BCUT2D eigenvalue weighted by Crippen LogP contribution is 2.30. The van der Waals surface area contributed by atoms with Gasteiger partial charge in [-0.2, -0.15) is 0 Å². The summed E-state index contributed by atoms with van der Waals surface area (Å²) < 4.78 is 39.4. The van der Waals surface area contributed by atoms with Gasteiger partial charge in [-0.05, 0) is 36.8 Å². The molecule has 1 atom stereocenters. The molecule has 1 heterocycles. The molecule has 0 bridgehead atoms. The Kier molecular flexibility index (Phi) is 7.15. The molecule has 3 aromatic rings. The van der Waals surface area contributed by atoms with Crippen LogP contribution < -0.4 is 9.62 Å². The van der Waals surface area contributed by atoms with Crippen molar-refractivity contribution in [2.75, 3.05) is 15.9 Å². The number of nitrogens with zero attached hydrogens (tertiary/aromatic N) is 3. The number of halogens is 3. The summed E-state index contributed by atoms with van der Waals surface area (Å²) in [5, 5.41) is 11.7. The number of aromatic nitrogens is 2. The molecule has 3 rings (SSSR count). The van der Waals surface area contributed by atoms with Crippen molar-refractivity contribution in [1.29, 1.82) is 0 Å². The number of hydrogen-bond donors (Lipinski definition) is 1. The smallest absolute Gasteiger partial charge is 0.250 e. The Morgan fingerprint density at radius 3 is 2.45 bits per heavy atom. The molecule has 0 aliphatic heterocycles. The zero-order chi connectivity index (χ0) is 22.8. The van der Waals surface area contributed by atoms with Gasteiger partial charge in [-0.1, -0.05) is 53.6 Å². The van der Waals surface area contributed by atoms with E-state index >= 15 is 0 Å². The minimum absolute atomic E-state index is 0.0787. The molecule has 0 fully saturated rings.